The molecule has 3 aromatic rings. The highest BCUT2D eigenvalue weighted by Gasteiger charge is 2.18. The first kappa shape index (κ1) is 14.7. The summed E-state index contributed by atoms with van der Waals surface area (Å²) in [5.74, 6) is -0.522. The van der Waals surface area contributed by atoms with E-state index in [0.29, 0.717) is 16.7 Å². The third-order valence-corrected chi connectivity index (χ3v) is 3.20. The summed E-state index contributed by atoms with van der Waals surface area (Å²) in [6, 6.07) is 7.14. The maximum absolute atomic E-state index is 12.1. The lowest BCUT2D eigenvalue weighted by Crippen LogP contribution is -2.20. The van der Waals surface area contributed by atoms with Crippen molar-refractivity contribution in [3.8, 4) is 0 Å². The van der Waals surface area contributed by atoms with Crippen LogP contribution in [0.4, 0.5) is 5.82 Å². The number of para-hydroxylation sites is 1. The molecule has 0 aliphatic rings. The number of ether oxygens (including phenoxy) is 1. The Kier molecular flexibility index (Phi) is 3.75. The van der Waals surface area contributed by atoms with Crippen LogP contribution in [0, 0.1) is 0 Å². The van der Waals surface area contributed by atoms with Gasteiger partial charge in [0, 0.05) is 12.4 Å². The van der Waals surface area contributed by atoms with Gasteiger partial charge in [-0.15, -0.1) is 5.10 Å². The normalized spacial score (nSPS) is 10.7. The van der Waals surface area contributed by atoms with Crippen molar-refractivity contribution < 1.29 is 14.3 Å². The number of aromatic nitrogens is 5. The molecule has 1 N–H and O–H groups in total. The molecule has 0 radical (unpaired) electrons. The molecule has 118 valence electrons. The molecule has 1 aromatic carbocycles. The maximum atomic E-state index is 12.1. The van der Waals surface area contributed by atoms with Gasteiger partial charge in [-0.3, -0.25) is 9.48 Å². The number of nitrogens with one attached hydrogen (secondary N) is 1. The lowest BCUT2D eigenvalue weighted by Gasteiger charge is -2.03. The molecule has 2 heterocycles. The molecule has 0 unspecified atom stereocenters. The number of amides is 1. The number of aryl methyl sites for hydroxylation is 1. The van der Waals surface area contributed by atoms with Crippen LogP contribution in [-0.2, 0) is 23.1 Å². The second kappa shape index (κ2) is 5.87. The molecular weight excluding hydrogens is 300 g/mol. The van der Waals surface area contributed by atoms with E-state index < -0.39 is 5.97 Å². The molecule has 0 aliphatic heterocycles. The lowest BCUT2D eigenvalue weighted by molar-refractivity contribution is -0.116. The molecule has 0 spiro atoms. The van der Waals surface area contributed by atoms with Gasteiger partial charge in [-0.05, 0) is 6.07 Å². The Morgan fingerprint density at radius 2 is 2.04 bits per heavy atom. The summed E-state index contributed by atoms with van der Waals surface area (Å²) in [6.07, 6.45) is 1.44. The van der Waals surface area contributed by atoms with Crippen LogP contribution in [0.3, 0.4) is 0 Å². The minimum Gasteiger partial charge on any atom is -0.464 e. The van der Waals surface area contributed by atoms with Gasteiger partial charge in [-0.2, -0.15) is 15.0 Å². The quantitative estimate of drug-likeness (QED) is 0.707. The zero-order valence-electron chi connectivity index (χ0n) is 12.6. The van der Waals surface area contributed by atoms with Gasteiger partial charge in [0.05, 0.1) is 18.8 Å². The van der Waals surface area contributed by atoms with Crippen molar-refractivity contribution in [3.05, 3.63) is 36.2 Å². The lowest BCUT2D eigenvalue weighted by atomic mass is 10.2. The number of rotatable bonds is 4. The van der Waals surface area contributed by atoms with E-state index in [9.17, 15) is 9.59 Å². The zero-order chi connectivity index (χ0) is 16.4. The van der Waals surface area contributed by atoms with Crippen molar-refractivity contribution in [2.75, 3.05) is 12.4 Å². The summed E-state index contributed by atoms with van der Waals surface area (Å²) in [7, 11) is 2.94. The minimum absolute atomic E-state index is 0.0614. The van der Waals surface area contributed by atoms with Crippen LogP contribution in [0.2, 0.25) is 0 Å². The molecule has 2 aromatic heterocycles. The summed E-state index contributed by atoms with van der Waals surface area (Å²) >= 11 is 0. The average Bonchev–Trinajstić information content (AvgIpc) is 3.11. The van der Waals surface area contributed by atoms with Crippen LogP contribution in [-0.4, -0.2) is 43.8 Å². The van der Waals surface area contributed by atoms with Gasteiger partial charge >= 0.3 is 5.97 Å². The van der Waals surface area contributed by atoms with Crippen LogP contribution in [0.1, 0.15) is 10.5 Å². The van der Waals surface area contributed by atoms with Crippen molar-refractivity contribution in [1.29, 1.82) is 0 Å². The van der Waals surface area contributed by atoms with Crippen LogP contribution >= 0.6 is 0 Å². The summed E-state index contributed by atoms with van der Waals surface area (Å²) < 4.78 is 6.18. The fraction of sp³-hybridized carbons (Fsp3) is 0.214. The second-order valence-corrected chi connectivity index (χ2v) is 4.78. The van der Waals surface area contributed by atoms with Crippen molar-refractivity contribution in [2.24, 2.45) is 7.05 Å². The molecule has 1 amide bonds. The summed E-state index contributed by atoms with van der Waals surface area (Å²) in [5, 5.41) is 15.3. The third kappa shape index (κ3) is 2.89. The van der Waals surface area contributed by atoms with Gasteiger partial charge in [0.1, 0.15) is 6.54 Å². The Bertz CT molecular complexity index is 882. The van der Waals surface area contributed by atoms with E-state index in [1.54, 1.807) is 25.2 Å². The summed E-state index contributed by atoms with van der Waals surface area (Å²) in [5.41, 5.74) is 0.845. The van der Waals surface area contributed by atoms with E-state index in [4.69, 9.17) is 4.74 Å². The number of esters is 1. The molecule has 3 rings (SSSR count). The maximum Gasteiger partial charge on any atom is 0.359 e. The molecule has 9 nitrogen and oxygen atoms in total. The Labute approximate surface area is 130 Å². The first-order valence-electron chi connectivity index (χ1n) is 6.78. The Balaban J connectivity index is 1.87. The van der Waals surface area contributed by atoms with E-state index in [1.165, 1.54) is 22.8 Å². The molecule has 0 atom stereocenters. The topological polar surface area (TPSA) is 104 Å². The molecule has 23 heavy (non-hydrogen) atoms. The first-order valence-corrected chi connectivity index (χ1v) is 6.78. The van der Waals surface area contributed by atoms with E-state index in [1.807, 2.05) is 6.07 Å². The fourth-order valence-electron chi connectivity index (χ4n) is 2.22. The predicted octanol–water partition coefficient (Wildman–Crippen LogP) is 0.590. The number of methoxy groups -OCH3 is 1. The molecule has 0 saturated carbocycles. The number of hydrogen-bond acceptors (Lipinski definition) is 6. The first-order chi connectivity index (χ1) is 11.1. The second-order valence-electron chi connectivity index (χ2n) is 4.78. The van der Waals surface area contributed by atoms with Crippen molar-refractivity contribution in [3.63, 3.8) is 0 Å². The van der Waals surface area contributed by atoms with Crippen LogP contribution < -0.4 is 5.32 Å². The van der Waals surface area contributed by atoms with E-state index in [-0.39, 0.29) is 18.1 Å². The minimum atomic E-state index is -0.547. The Morgan fingerprint density at radius 1 is 1.26 bits per heavy atom. The molecule has 9 heteroatoms. The molecule has 0 bridgehead atoms. The van der Waals surface area contributed by atoms with Crippen LogP contribution in [0.5, 0.6) is 0 Å². The zero-order valence-corrected chi connectivity index (χ0v) is 12.6. The third-order valence-electron chi connectivity index (χ3n) is 3.20. The molecular formula is C14H14N6O3. The van der Waals surface area contributed by atoms with Gasteiger partial charge in [0.2, 0.25) is 5.91 Å². The Morgan fingerprint density at radius 3 is 2.74 bits per heavy atom. The largest absolute Gasteiger partial charge is 0.464 e. The van der Waals surface area contributed by atoms with Crippen molar-refractivity contribution in [1.82, 2.24) is 24.8 Å². The van der Waals surface area contributed by atoms with Crippen molar-refractivity contribution in [2.45, 2.75) is 6.54 Å². The highest BCUT2D eigenvalue weighted by molar-refractivity contribution is 6.02. The van der Waals surface area contributed by atoms with E-state index in [0.717, 1.165) is 0 Å². The smallest absolute Gasteiger partial charge is 0.359 e. The SMILES string of the molecule is COC(=O)c1nn(CC(=O)Nc2cnn(C)n2)c2ccccc12. The fourth-order valence-corrected chi connectivity index (χ4v) is 2.22. The number of carbonyl (C=O) groups excluding carboxylic acids is 2. The number of fused-ring (bicyclic) bond motifs is 1. The van der Waals surface area contributed by atoms with Gasteiger partial charge < -0.3 is 10.1 Å². The Hall–Kier alpha value is -3.23. The summed E-state index contributed by atoms with van der Waals surface area (Å²) in [4.78, 5) is 25.3. The van der Waals surface area contributed by atoms with Crippen molar-refractivity contribution >= 4 is 28.6 Å². The van der Waals surface area contributed by atoms with Gasteiger partial charge in [0.15, 0.2) is 11.5 Å². The monoisotopic (exact) mass is 314 g/mol. The van der Waals surface area contributed by atoms with Gasteiger partial charge in [-0.25, -0.2) is 4.79 Å². The van der Waals surface area contributed by atoms with Gasteiger partial charge in [-0.1, -0.05) is 18.2 Å². The van der Waals surface area contributed by atoms with Crippen LogP contribution in [0.15, 0.2) is 30.5 Å². The number of nitrogens with zero attached hydrogens (tertiary/aromatic N) is 5. The van der Waals surface area contributed by atoms with E-state index in [2.05, 4.69) is 20.6 Å². The number of benzene rings is 1. The van der Waals surface area contributed by atoms with Gasteiger partial charge in [0.25, 0.3) is 0 Å². The van der Waals surface area contributed by atoms with Crippen LogP contribution in [0.25, 0.3) is 10.9 Å². The standard InChI is InChI=1S/C14H14N6O3/c1-19-15-7-11(17-19)16-12(21)8-20-10-6-4-3-5-9(10)13(18-20)14(22)23-2/h3-7H,8H2,1-2H3,(H,16,17,21). The highest BCUT2D eigenvalue weighted by Crippen LogP contribution is 2.19. The highest BCUT2D eigenvalue weighted by atomic mass is 16.5. The molecule has 0 saturated heterocycles. The molecule has 0 aliphatic carbocycles. The molecule has 0 fully saturated rings. The number of hydrogen-bond donors (Lipinski definition) is 1. The number of anilines is 1. The predicted molar refractivity (Wildman–Crippen MR) is 80.7 cm³/mol. The average molecular weight is 314 g/mol. The number of carbonyl (C=O) groups is 2. The van der Waals surface area contributed by atoms with E-state index >= 15 is 0 Å². The summed E-state index contributed by atoms with van der Waals surface area (Å²) in [6.45, 7) is -0.0614.